The van der Waals surface area contributed by atoms with Crippen molar-refractivity contribution in [1.82, 2.24) is 9.55 Å². The van der Waals surface area contributed by atoms with Gasteiger partial charge < -0.3 is 10.1 Å². The van der Waals surface area contributed by atoms with Crippen LogP contribution >= 0.6 is 11.8 Å². The van der Waals surface area contributed by atoms with E-state index >= 15 is 0 Å². The van der Waals surface area contributed by atoms with Crippen molar-refractivity contribution < 1.29 is 9.53 Å². The van der Waals surface area contributed by atoms with E-state index in [0.717, 1.165) is 22.6 Å². The van der Waals surface area contributed by atoms with Gasteiger partial charge in [0.2, 0.25) is 5.91 Å². The largest absolute Gasteiger partial charge is 0.494 e. The SMILES string of the molecule is CCOc1ccc(-n2c(SCC(=O)Nc3cc(C)cc(C)c3)nc3ccccc3c2=O)cc1. The molecular formula is C26H25N3O3S. The Bertz CT molecular complexity index is 1340. The fourth-order valence-electron chi connectivity index (χ4n) is 3.67. The number of fused-ring (bicyclic) bond motifs is 1. The lowest BCUT2D eigenvalue weighted by Crippen LogP contribution is -2.23. The van der Waals surface area contributed by atoms with E-state index in [-0.39, 0.29) is 17.2 Å². The van der Waals surface area contributed by atoms with E-state index in [1.807, 2.05) is 69.3 Å². The maximum atomic E-state index is 13.3. The highest BCUT2D eigenvalue weighted by Crippen LogP contribution is 2.23. The van der Waals surface area contributed by atoms with Crippen molar-refractivity contribution >= 4 is 34.3 Å². The number of para-hydroxylation sites is 1. The maximum Gasteiger partial charge on any atom is 0.266 e. The highest BCUT2D eigenvalue weighted by atomic mass is 32.2. The average Bonchev–Trinajstić information content (AvgIpc) is 2.78. The number of benzene rings is 3. The summed E-state index contributed by atoms with van der Waals surface area (Å²) in [4.78, 5) is 30.7. The van der Waals surface area contributed by atoms with E-state index < -0.39 is 0 Å². The Kier molecular flexibility index (Phi) is 6.79. The topological polar surface area (TPSA) is 73.2 Å². The summed E-state index contributed by atoms with van der Waals surface area (Å²) in [7, 11) is 0. The molecule has 168 valence electrons. The molecule has 1 aromatic heterocycles. The average molecular weight is 460 g/mol. The van der Waals surface area contributed by atoms with Crippen molar-refractivity contribution in [3.05, 3.63) is 88.2 Å². The molecule has 0 saturated carbocycles. The smallest absolute Gasteiger partial charge is 0.266 e. The van der Waals surface area contributed by atoms with Crippen LogP contribution in [-0.2, 0) is 4.79 Å². The van der Waals surface area contributed by atoms with E-state index in [4.69, 9.17) is 9.72 Å². The Morgan fingerprint density at radius 3 is 2.42 bits per heavy atom. The van der Waals surface area contributed by atoms with E-state index in [2.05, 4.69) is 11.4 Å². The third-order valence-corrected chi connectivity index (χ3v) is 5.93. The number of carbonyl (C=O) groups excluding carboxylic acids is 1. The van der Waals surface area contributed by atoms with Gasteiger partial charge in [-0.15, -0.1) is 0 Å². The molecule has 1 N–H and O–H groups in total. The zero-order chi connectivity index (χ0) is 23.4. The molecule has 0 spiro atoms. The molecule has 7 heteroatoms. The quantitative estimate of drug-likeness (QED) is 0.306. The first-order chi connectivity index (χ1) is 15.9. The summed E-state index contributed by atoms with van der Waals surface area (Å²) >= 11 is 1.23. The Morgan fingerprint density at radius 2 is 1.73 bits per heavy atom. The molecule has 0 radical (unpaired) electrons. The summed E-state index contributed by atoms with van der Waals surface area (Å²) < 4.78 is 7.07. The number of ether oxygens (including phenoxy) is 1. The lowest BCUT2D eigenvalue weighted by Gasteiger charge is -2.14. The second kappa shape index (κ2) is 9.92. The van der Waals surface area contributed by atoms with Crippen molar-refractivity contribution in [2.24, 2.45) is 0 Å². The monoisotopic (exact) mass is 459 g/mol. The summed E-state index contributed by atoms with van der Waals surface area (Å²) in [5, 5.41) is 3.92. The van der Waals surface area contributed by atoms with Gasteiger partial charge in [-0.1, -0.05) is 30.0 Å². The number of nitrogens with one attached hydrogen (secondary N) is 1. The number of aromatic nitrogens is 2. The van der Waals surface area contributed by atoms with E-state index in [0.29, 0.717) is 28.4 Å². The number of carbonyl (C=O) groups is 1. The summed E-state index contributed by atoms with van der Waals surface area (Å²) in [6.07, 6.45) is 0. The molecule has 3 aromatic carbocycles. The van der Waals surface area contributed by atoms with Gasteiger partial charge in [0.25, 0.3) is 5.56 Å². The standard InChI is InChI=1S/C26H25N3O3S/c1-4-32-21-11-9-20(10-12-21)29-25(31)22-7-5-6-8-23(22)28-26(29)33-16-24(30)27-19-14-17(2)13-18(3)15-19/h5-15H,4,16H2,1-3H3,(H,27,30). The molecule has 0 bridgehead atoms. The Balaban J connectivity index is 1.65. The van der Waals surface area contributed by atoms with Gasteiger partial charge in [-0.3, -0.25) is 14.2 Å². The van der Waals surface area contributed by atoms with Crippen LogP contribution in [0.5, 0.6) is 5.75 Å². The summed E-state index contributed by atoms with van der Waals surface area (Å²) in [5.74, 6) is 0.685. The molecule has 0 fully saturated rings. The third-order valence-electron chi connectivity index (χ3n) is 4.99. The van der Waals surface area contributed by atoms with E-state index in [9.17, 15) is 9.59 Å². The fourth-order valence-corrected chi connectivity index (χ4v) is 4.48. The van der Waals surface area contributed by atoms with Gasteiger partial charge in [0.05, 0.1) is 29.0 Å². The summed E-state index contributed by atoms with van der Waals surface area (Å²) in [6.45, 7) is 6.47. The number of hydrogen-bond donors (Lipinski definition) is 1. The van der Waals surface area contributed by atoms with E-state index in [1.54, 1.807) is 16.7 Å². The third kappa shape index (κ3) is 5.26. The van der Waals surface area contributed by atoms with Crippen molar-refractivity contribution in [1.29, 1.82) is 0 Å². The number of aryl methyl sites for hydroxylation is 2. The molecule has 0 unspecified atom stereocenters. The molecule has 0 aliphatic heterocycles. The van der Waals surface area contributed by atoms with Gasteiger partial charge in [0.1, 0.15) is 5.75 Å². The van der Waals surface area contributed by atoms with Crippen LogP contribution in [0, 0.1) is 13.8 Å². The van der Waals surface area contributed by atoms with Gasteiger partial charge in [0, 0.05) is 5.69 Å². The second-order valence-corrected chi connectivity index (χ2v) is 8.63. The van der Waals surface area contributed by atoms with Gasteiger partial charge in [-0.05, 0) is 80.4 Å². The maximum absolute atomic E-state index is 13.3. The molecule has 33 heavy (non-hydrogen) atoms. The predicted molar refractivity (Wildman–Crippen MR) is 134 cm³/mol. The normalized spacial score (nSPS) is 10.9. The van der Waals surface area contributed by atoms with Crippen LogP contribution in [0.2, 0.25) is 0 Å². The minimum Gasteiger partial charge on any atom is -0.494 e. The van der Waals surface area contributed by atoms with E-state index in [1.165, 1.54) is 11.8 Å². The molecule has 0 aliphatic rings. The van der Waals surface area contributed by atoms with Gasteiger partial charge in [-0.25, -0.2) is 4.98 Å². The molecule has 6 nitrogen and oxygen atoms in total. The first-order valence-corrected chi connectivity index (χ1v) is 11.7. The van der Waals surface area contributed by atoms with Crippen LogP contribution in [0.1, 0.15) is 18.1 Å². The molecule has 4 aromatic rings. The second-order valence-electron chi connectivity index (χ2n) is 7.69. The Labute approximate surface area is 196 Å². The fraction of sp³-hybridized carbons (Fsp3) is 0.192. The van der Waals surface area contributed by atoms with Crippen LogP contribution in [-0.4, -0.2) is 27.8 Å². The number of anilines is 1. The number of thioether (sulfide) groups is 1. The number of hydrogen-bond acceptors (Lipinski definition) is 5. The Morgan fingerprint density at radius 1 is 1.03 bits per heavy atom. The summed E-state index contributed by atoms with van der Waals surface area (Å²) in [5.41, 5.74) is 4.01. The van der Waals surface area contributed by atoms with Crippen molar-refractivity contribution in [3.63, 3.8) is 0 Å². The molecule has 1 heterocycles. The van der Waals surface area contributed by atoms with Crippen LogP contribution < -0.4 is 15.6 Å². The van der Waals surface area contributed by atoms with Gasteiger partial charge >= 0.3 is 0 Å². The Hall–Kier alpha value is -3.58. The molecule has 0 atom stereocenters. The molecule has 1 amide bonds. The van der Waals surface area contributed by atoms with Gasteiger partial charge in [-0.2, -0.15) is 0 Å². The van der Waals surface area contributed by atoms with Crippen molar-refractivity contribution in [2.75, 3.05) is 17.7 Å². The predicted octanol–water partition coefficient (Wildman–Crippen LogP) is 5.13. The summed E-state index contributed by atoms with van der Waals surface area (Å²) in [6, 6.07) is 20.4. The minimum atomic E-state index is -0.179. The van der Waals surface area contributed by atoms with Crippen LogP contribution in [0.25, 0.3) is 16.6 Å². The van der Waals surface area contributed by atoms with Crippen LogP contribution in [0.3, 0.4) is 0 Å². The van der Waals surface area contributed by atoms with Crippen LogP contribution in [0.15, 0.2) is 76.7 Å². The molecular weight excluding hydrogens is 434 g/mol. The number of amides is 1. The number of rotatable bonds is 7. The van der Waals surface area contributed by atoms with Gasteiger partial charge in [0.15, 0.2) is 5.16 Å². The molecule has 4 rings (SSSR count). The highest BCUT2D eigenvalue weighted by Gasteiger charge is 2.15. The zero-order valence-corrected chi connectivity index (χ0v) is 19.6. The highest BCUT2D eigenvalue weighted by molar-refractivity contribution is 7.99. The zero-order valence-electron chi connectivity index (χ0n) is 18.8. The lowest BCUT2D eigenvalue weighted by molar-refractivity contribution is -0.113. The van der Waals surface area contributed by atoms with Crippen LogP contribution in [0.4, 0.5) is 5.69 Å². The van der Waals surface area contributed by atoms with Crippen molar-refractivity contribution in [2.45, 2.75) is 25.9 Å². The lowest BCUT2D eigenvalue weighted by atomic mass is 10.1. The first-order valence-electron chi connectivity index (χ1n) is 10.7. The first kappa shape index (κ1) is 22.6. The molecule has 0 saturated heterocycles. The minimum absolute atomic E-state index is 0.120. The van der Waals surface area contributed by atoms with Crippen molar-refractivity contribution in [3.8, 4) is 11.4 Å². The number of nitrogens with zero attached hydrogens (tertiary/aromatic N) is 2. The molecule has 0 aliphatic carbocycles.